The van der Waals surface area contributed by atoms with Gasteiger partial charge in [-0.15, -0.1) is 0 Å². The molecular formula is C25H35N3O3. The van der Waals surface area contributed by atoms with Crippen LogP contribution in [-0.4, -0.2) is 48.9 Å². The summed E-state index contributed by atoms with van der Waals surface area (Å²) in [6.07, 6.45) is 5.32. The van der Waals surface area contributed by atoms with Gasteiger partial charge in [-0.25, -0.2) is 4.79 Å². The Kier molecular flexibility index (Phi) is 6.43. The van der Waals surface area contributed by atoms with E-state index in [4.69, 9.17) is 9.47 Å². The molecule has 1 aromatic rings. The van der Waals surface area contributed by atoms with Crippen molar-refractivity contribution in [3.05, 3.63) is 29.3 Å². The lowest BCUT2D eigenvalue weighted by Crippen LogP contribution is -2.41. The molecule has 31 heavy (non-hydrogen) atoms. The van der Waals surface area contributed by atoms with Crippen LogP contribution < -0.4 is 10.1 Å². The third-order valence-corrected chi connectivity index (χ3v) is 6.93. The smallest absolute Gasteiger partial charge is 0.407 e. The van der Waals surface area contributed by atoms with Gasteiger partial charge >= 0.3 is 6.09 Å². The fraction of sp³-hybridized carbons (Fsp3) is 0.680. The Labute approximate surface area is 185 Å². The van der Waals surface area contributed by atoms with Crippen LogP contribution in [0.2, 0.25) is 0 Å². The number of hydrogen-bond acceptors (Lipinski definition) is 5. The first-order chi connectivity index (χ1) is 14.8. The zero-order valence-corrected chi connectivity index (χ0v) is 19.0. The molecule has 0 aromatic heterocycles. The highest BCUT2D eigenvalue weighted by atomic mass is 16.6. The van der Waals surface area contributed by atoms with Crippen molar-refractivity contribution < 1.29 is 14.3 Å². The van der Waals surface area contributed by atoms with Crippen LogP contribution in [0.15, 0.2) is 18.2 Å². The molecule has 2 atom stereocenters. The maximum atomic E-state index is 12.0. The molecule has 1 saturated heterocycles. The third-order valence-electron chi connectivity index (χ3n) is 6.93. The number of ether oxygens (including phenoxy) is 2. The fourth-order valence-corrected chi connectivity index (χ4v) is 5.34. The molecular weight excluding hydrogens is 390 g/mol. The van der Waals surface area contributed by atoms with Gasteiger partial charge in [-0.05, 0) is 83.5 Å². The average Bonchev–Trinajstić information content (AvgIpc) is 3.15. The lowest BCUT2D eigenvalue weighted by atomic mass is 9.84. The van der Waals surface area contributed by atoms with Gasteiger partial charge in [0, 0.05) is 36.5 Å². The monoisotopic (exact) mass is 425 g/mol. The SMILES string of the molecule is CC(C)(C)OC(=O)NC1CCC(CCN2C[C@H]3COc4ccc(C#N)cc4[C@@H]3C2)CC1. The molecule has 4 rings (SSSR count). The number of nitriles is 1. The van der Waals surface area contributed by atoms with Gasteiger partial charge in [-0.3, -0.25) is 0 Å². The highest BCUT2D eigenvalue weighted by Crippen LogP contribution is 2.42. The maximum Gasteiger partial charge on any atom is 0.407 e. The van der Waals surface area contributed by atoms with E-state index in [-0.39, 0.29) is 12.1 Å². The Morgan fingerprint density at radius 3 is 2.74 bits per heavy atom. The van der Waals surface area contributed by atoms with Gasteiger partial charge in [0.2, 0.25) is 0 Å². The Balaban J connectivity index is 1.22. The molecule has 3 aliphatic rings. The zero-order valence-electron chi connectivity index (χ0n) is 19.0. The van der Waals surface area contributed by atoms with Crippen LogP contribution in [0, 0.1) is 23.2 Å². The molecule has 0 spiro atoms. The first-order valence-corrected chi connectivity index (χ1v) is 11.7. The number of hydrogen-bond donors (Lipinski definition) is 1. The molecule has 1 saturated carbocycles. The van der Waals surface area contributed by atoms with E-state index in [1.54, 1.807) is 0 Å². The second kappa shape index (κ2) is 9.08. The normalized spacial score (nSPS) is 28.1. The summed E-state index contributed by atoms with van der Waals surface area (Å²) in [5.74, 6) is 2.69. The van der Waals surface area contributed by atoms with E-state index in [0.29, 0.717) is 11.8 Å². The maximum absolute atomic E-state index is 12.0. The molecule has 0 unspecified atom stereocenters. The van der Waals surface area contributed by atoms with E-state index in [9.17, 15) is 10.1 Å². The molecule has 168 valence electrons. The molecule has 2 aliphatic heterocycles. The molecule has 1 N–H and O–H groups in total. The summed E-state index contributed by atoms with van der Waals surface area (Å²) in [6, 6.07) is 8.32. The van der Waals surface area contributed by atoms with Crippen molar-refractivity contribution in [2.45, 2.75) is 70.4 Å². The summed E-state index contributed by atoms with van der Waals surface area (Å²) in [5.41, 5.74) is 1.49. The van der Waals surface area contributed by atoms with Crippen LogP contribution in [0.4, 0.5) is 4.79 Å². The van der Waals surface area contributed by atoms with Crippen molar-refractivity contribution in [3.8, 4) is 11.8 Å². The number of carbonyl (C=O) groups is 1. The van der Waals surface area contributed by atoms with Gasteiger partial charge < -0.3 is 19.7 Å². The minimum absolute atomic E-state index is 0.240. The van der Waals surface area contributed by atoms with Crippen molar-refractivity contribution in [3.63, 3.8) is 0 Å². The molecule has 2 fully saturated rings. The quantitative estimate of drug-likeness (QED) is 0.772. The van der Waals surface area contributed by atoms with E-state index in [2.05, 4.69) is 16.3 Å². The number of nitrogens with one attached hydrogen (secondary N) is 1. The summed E-state index contributed by atoms with van der Waals surface area (Å²) >= 11 is 0. The van der Waals surface area contributed by atoms with Gasteiger partial charge in [0.15, 0.2) is 0 Å². The topological polar surface area (TPSA) is 74.6 Å². The minimum Gasteiger partial charge on any atom is -0.493 e. The van der Waals surface area contributed by atoms with Gasteiger partial charge in [0.1, 0.15) is 11.4 Å². The predicted octanol–water partition coefficient (Wildman–Crippen LogP) is 4.44. The number of benzene rings is 1. The van der Waals surface area contributed by atoms with Gasteiger partial charge in [-0.1, -0.05) is 0 Å². The summed E-state index contributed by atoms with van der Waals surface area (Å²) in [6.45, 7) is 9.72. The van der Waals surface area contributed by atoms with Crippen molar-refractivity contribution >= 4 is 6.09 Å². The molecule has 2 heterocycles. The van der Waals surface area contributed by atoms with Gasteiger partial charge in [0.25, 0.3) is 0 Å². The molecule has 1 aromatic carbocycles. The van der Waals surface area contributed by atoms with Crippen LogP contribution in [0.3, 0.4) is 0 Å². The second-order valence-electron chi connectivity index (χ2n) is 10.5. The van der Waals surface area contributed by atoms with Crippen molar-refractivity contribution in [1.29, 1.82) is 5.26 Å². The molecule has 1 amide bonds. The summed E-state index contributed by atoms with van der Waals surface area (Å²) in [7, 11) is 0. The van der Waals surface area contributed by atoms with E-state index in [0.717, 1.165) is 56.3 Å². The largest absolute Gasteiger partial charge is 0.493 e. The van der Waals surface area contributed by atoms with Crippen LogP contribution in [0.5, 0.6) is 5.75 Å². The van der Waals surface area contributed by atoms with Gasteiger partial charge in [0.05, 0.1) is 18.2 Å². The Hall–Kier alpha value is -2.26. The molecule has 0 bridgehead atoms. The average molecular weight is 426 g/mol. The number of likely N-dealkylation sites (tertiary alicyclic amines) is 1. The van der Waals surface area contributed by atoms with E-state index >= 15 is 0 Å². The van der Waals surface area contributed by atoms with E-state index in [1.165, 1.54) is 24.8 Å². The van der Waals surface area contributed by atoms with Crippen LogP contribution in [0.25, 0.3) is 0 Å². The summed E-state index contributed by atoms with van der Waals surface area (Å²) < 4.78 is 11.4. The predicted molar refractivity (Wildman–Crippen MR) is 119 cm³/mol. The highest BCUT2D eigenvalue weighted by Gasteiger charge is 2.39. The molecule has 6 nitrogen and oxygen atoms in total. The standard InChI is InChI=1S/C25H35N3O3/c1-25(2,3)31-24(29)27-20-7-4-17(5-8-20)10-11-28-14-19-16-30-23-9-6-18(13-26)12-21(23)22(19)15-28/h6,9,12,17,19-20,22H,4-5,7-8,10-11,14-16H2,1-3H3,(H,27,29)/t17?,19-,20?,22+/m0/s1. The first-order valence-electron chi connectivity index (χ1n) is 11.7. The van der Waals surface area contributed by atoms with E-state index in [1.807, 2.05) is 39.0 Å². The Morgan fingerprint density at radius 1 is 1.26 bits per heavy atom. The lowest BCUT2D eigenvalue weighted by molar-refractivity contribution is 0.0486. The van der Waals surface area contributed by atoms with Crippen LogP contribution in [-0.2, 0) is 4.74 Å². The number of fused-ring (bicyclic) bond motifs is 3. The number of carbonyl (C=O) groups excluding carboxylic acids is 1. The number of amides is 1. The molecule has 0 radical (unpaired) electrons. The lowest BCUT2D eigenvalue weighted by Gasteiger charge is -2.31. The molecule has 1 aliphatic carbocycles. The Morgan fingerprint density at radius 2 is 2.03 bits per heavy atom. The zero-order chi connectivity index (χ0) is 22.0. The van der Waals surface area contributed by atoms with Crippen molar-refractivity contribution in [1.82, 2.24) is 10.2 Å². The highest BCUT2D eigenvalue weighted by molar-refractivity contribution is 5.68. The van der Waals surface area contributed by atoms with E-state index < -0.39 is 5.60 Å². The number of alkyl carbamates (subject to hydrolysis) is 1. The van der Waals surface area contributed by atoms with Crippen molar-refractivity contribution in [2.24, 2.45) is 11.8 Å². The first kappa shape index (κ1) is 22.0. The summed E-state index contributed by atoms with van der Waals surface area (Å²) in [5, 5.41) is 12.3. The third kappa shape index (κ3) is 5.51. The number of nitrogens with zero attached hydrogens (tertiary/aromatic N) is 2. The van der Waals surface area contributed by atoms with Crippen LogP contribution in [0.1, 0.15) is 69.9 Å². The fourth-order valence-electron chi connectivity index (χ4n) is 5.34. The summed E-state index contributed by atoms with van der Waals surface area (Å²) in [4.78, 5) is 14.6. The Bertz CT molecular complexity index is 833. The second-order valence-corrected chi connectivity index (χ2v) is 10.5. The number of rotatable bonds is 4. The molecule has 6 heteroatoms. The van der Waals surface area contributed by atoms with Gasteiger partial charge in [-0.2, -0.15) is 5.26 Å². The minimum atomic E-state index is -0.448. The van der Waals surface area contributed by atoms with Crippen molar-refractivity contribution in [2.75, 3.05) is 26.2 Å². The van der Waals surface area contributed by atoms with Crippen LogP contribution >= 0.6 is 0 Å².